The minimum absolute atomic E-state index is 0.0597. The molecule has 2 aromatic heterocycles. The number of nitrogens with one attached hydrogen (secondary N) is 1. The highest BCUT2D eigenvalue weighted by Gasteiger charge is 2.22. The summed E-state index contributed by atoms with van der Waals surface area (Å²) in [6, 6.07) is 25.1. The van der Waals surface area contributed by atoms with Gasteiger partial charge in [-0.3, -0.25) is 9.20 Å². The third-order valence-electron chi connectivity index (χ3n) is 4.46. The Labute approximate surface area is 162 Å². The van der Waals surface area contributed by atoms with Gasteiger partial charge < -0.3 is 5.32 Å². The van der Waals surface area contributed by atoms with Crippen LogP contribution in [-0.2, 0) is 11.3 Å². The molecule has 0 atom stereocenters. The molecule has 2 heterocycles. The number of amides is 1. The van der Waals surface area contributed by atoms with Crippen molar-refractivity contribution in [1.82, 2.24) is 14.7 Å². The maximum absolute atomic E-state index is 13.0. The molecule has 27 heavy (non-hydrogen) atoms. The van der Waals surface area contributed by atoms with E-state index in [2.05, 4.69) is 10.3 Å². The van der Waals surface area contributed by atoms with Gasteiger partial charge in [0.2, 0.25) is 5.91 Å². The molecule has 0 bridgehead atoms. The molecule has 0 radical (unpaired) electrons. The first-order valence-corrected chi connectivity index (χ1v) is 9.10. The lowest BCUT2D eigenvalue weighted by Crippen LogP contribution is -2.29. The number of carbonyl (C=O) groups is 1. The van der Waals surface area contributed by atoms with Crippen LogP contribution in [0.15, 0.2) is 85.1 Å². The molecule has 0 aliphatic rings. The Bertz CT molecular complexity index is 1020. The summed E-state index contributed by atoms with van der Waals surface area (Å²) in [4.78, 5) is 17.5. The second kappa shape index (κ2) is 7.64. The number of halogens is 1. The van der Waals surface area contributed by atoms with Gasteiger partial charge in [-0.1, -0.05) is 78.3 Å². The summed E-state index contributed by atoms with van der Waals surface area (Å²) < 4.78 is 1.80. The van der Waals surface area contributed by atoms with Gasteiger partial charge in [-0.2, -0.15) is 0 Å². The predicted octanol–water partition coefficient (Wildman–Crippen LogP) is 4.44. The summed E-state index contributed by atoms with van der Waals surface area (Å²) in [7, 11) is 0. The van der Waals surface area contributed by atoms with Gasteiger partial charge in [0, 0.05) is 6.20 Å². The smallest absolute Gasteiger partial charge is 0.232 e. The van der Waals surface area contributed by atoms with Crippen LogP contribution < -0.4 is 5.32 Å². The number of benzene rings is 2. The Kier molecular flexibility index (Phi) is 4.90. The first-order chi connectivity index (χ1) is 13.2. The molecular formula is C22H18ClN3O. The van der Waals surface area contributed by atoms with Crippen LogP contribution in [0.4, 0.5) is 0 Å². The molecule has 0 spiro atoms. The van der Waals surface area contributed by atoms with Crippen LogP contribution >= 0.6 is 11.6 Å². The van der Waals surface area contributed by atoms with Gasteiger partial charge in [-0.25, -0.2) is 4.98 Å². The number of hydrogen-bond acceptors (Lipinski definition) is 2. The lowest BCUT2D eigenvalue weighted by molar-refractivity contribution is -0.121. The Balaban J connectivity index is 1.57. The Morgan fingerprint density at radius 3 is 2.15 bits per heavy atom. The van der Waals surface area contributed by atoms with E-state index < -0.39 is 0 Å². The average Bonchev–Trinajstić information content (AvgIpc) is 3.13. The molecule has 4 aromatic rings. The van der Waals surface area contributed by atoms with Crippen molar-refractivity contribution in [1.29, 1.82) is 0 Å². The van der Waals surface area contributed by atoms with Gasteiger partial charge >= 0.3 is 0 Å². The van der Waals surface area contributed by atoms with Crippen molar-refractivity contribution in [3.8, 4) is 0 Å². The van der Waals surface area contributed by atoms with Gasteiger partial charge in [0.25, 0.3) is 0 Å². The number of nitrogens with zero attached hydrogens (tertiary/aromatic N) is 2. The Morgan fingerprint density at radius 2 is 1.56 bits per heavy atom. The minimum Gasteiger partial charge on any atom is -0.350 e. The molecule has 2 aromatic carbocycles. The third-order valence-corrected chi connectivity index (χ3v) is 4.77. The highest BCUT2D eigenvalue weighted by Crippen LogP contribution is 2.25. The molecule has 1 N–H and O–H groups in total. The zero-order valence-corrected chi connectivity index (χ0v) is 15.3. The van der Waals surface area contributed by atoms with E-state index in [4.69, 9.17) is 11.6 Å². The lowest BCUT2D eigenvalue weighted by atomic mass is 9.90. The molecule has 0 saturated carbocycles. The predicted molar refractivity (Wildman–Crippen MR) is 107 cm³/mol. The van der Waals surface area contributed by atoms with E-state index in [1.54, 1.807) is 10.5 Å². The summed E-state index contributed by atoms with van der Waals surface area (Å²) in [6.07, 6.45) is 1.85. The van der Waals surface area contributed by atoms with Gasteiger partial charge in [0.15, 0.2) is 0 Å². The van der Waals surface area contributed by atoms with Crippen molar-refractivity contribution in [2.45, 2.75) is 12.5 Å². The summed E-state index contributed by atoms with van der Waals surface area (Å²) in [5, 5.41) is 3.61. The number of hydrogen-bond donors (Lipinski definition) is 1. The van der Waals surface area contributed by atoms with Crippen molar-refractivity contribution in [3.05, 3.63) is 107 Å². The van der Waals surface area contributed by atoms with Crippen LogP contribution in [-0.4, -0.2) is 15.3 Å². The van der Waals surface area contributed by atoms with E-state index >= 15 is 0 Å². The normalized spacial score (nSPS) is 11.0. The van der Waals surface area contributed by atoms with Crippen LogP contribution in [0.5, 0.6) is 0 Å². The molecule has 1 amide bonds. The maximum Gasteiger partial charge on any atom is 0.232 e. The van der Waals surface area contributed by atoms with Gasteiger partial charge in [0.1, 0.15) is 10.8 Å². The van der Waals surface area contributed by atoms with Crippen LogP contribution in [0.2, 0.25) is 5.15 Å². The summed E-state index contributed by atoms with van der Waals surface area (Å²) in [5.74, 6) is -0.427. The molecule has 0 unspecified atom stereocenters. The standard InChI is InChI=1S/C22H18ClN3O/c23-19-12-7-13-20-25-18(15-26(19)20)14-24-22(27)21(16-8-3-1-4-9-16)17-10-5-2-6-11-17/h1-13,15,21H,14H2,(H,24,27). The van der Waals surface area contributed by atoms with Crippen LogP contribution in [0.1, 0.15) is 22.7 Å². The Morgan fingerprint density at radius 1 is 0.926 bits per heavy atom. The number of carbonyl (C=O) groups excluding carboxylic acids is 1. The van der Waals surface area contributed by atoms with Crippen molar-refractivity contribution in [2.75, 3.05) is 0 Å². The third kappa shape index (κ3) is 3.71. The van der Waals surface area contributed by atoms with Crippen molar-refractivity contribution in [3.63, 3.8) is 0 Å². The second-order valence-corrected chi connectivity index (χ2v) is 6.67. The molecule has 0 aliphatic carbocycles. The van der Waals surface area contributed by atoms with Crippen molar-refractivity contribution < 1.29 is 4.79 Å². The average molecular weight is 376 g/mol. The van der Waals surface area contributed by atoms with Gasteiger partial charge in [0.05, 0.1) is 18.2 Å². The quantitative estimate of drug-likeness (QED) is 0.524. The SMILES string of the molecule is O=C(NCc1cn2c(Cl)cccc2n1)C(c1ccccc1)c1ccccc1. The molecule has 0 saturated heterocycles. The molecule has 4 nitrogen and oxygen atoms in total. The van der Waals surface area contributed by atoms with E-state index in [1.165, 1.54) is 0 Å². The summed E-state index contributed by atoms with van der Waals surface area (Å²) >= 11 is 6.18. The molecule has 4 rings (SSSR count). The zero-order chi connectivity index (χ0) is 18.6. The topological polar surface area (TPSA) is 46.4 Å². The number of fused-ring (bicyclic) bond motifs is 1. The van der Waals surface area contributed by atoms with Crippen LogP contribution in [0, 0.1) is 0 Å². The van der Waals surface area contributed by atoms with E-state index in [9.17, 15) is 4.79 Å². The van der Waals surface area contributed by atoms with E-state index in [0.717, 1.165) is 22.5 Å². The van der Waals surface area contributed by atoms with Crippen LogP contribution in [0.3, 0.4) is 0 Å². The number of rotatable bonds is 5. The van der Waals surface area contributed by atoms with Crippen molar-refractivity contribution in [2.24, 2.45) is 0 Å². The maximum atomic E-state index is 13.0. The fraction of sp³-hybridized carbons (Fsp3) is 0.0909. The molecule has 5 heteroatoms. The first-order valence-electron chi connectivity index (χ1n) is 8.72. The van der Waals surface area contributed by atoms with Crippen LogP contribution in [0.25, 0.3) is 5.65 Å². The minimum atomic E-state index is -0.368. The number of pyridine rings is 1. The molecular weight excluding hydrogens is 358 g/mol. The van der Waals surface area contributed by atoms with E-state index in [1.807, 2.05) is 79.0 Å². The van der Waals surface area contributed by atoms with E-state index in [-0.39, 0.29) is 11.8 Å². The second-order valence-electron chi connectivity index (χ2n) is 6.28. The number of aromatic nitrogens is 2. The number of imidazole rings is 1. The van der Waals surface area contributed by atoms with Crippen molar-refractivity contribution >= 4 is 23.2 Å². The summed E-state index contributed by atoms with van der Waals surface area (Å²) in [5.41, 5.74) is 3.43. The largest absolute Gasteiger partial charge is 0.350 e. The highest BCUT2D eigenvalue weighted by molar-refractivity contribution is 6.29. The zero-order valence-electron chi connectivity index (χ0n) is 14.5. The molecule has 0 aliphatic heterocycles. The fourth-order valence-electron chi connectivity index (χ4n) is 3.18. The first kappa shape index (κ1) is 17.3. The lowest BCUT2D eigenvalue weighted by Gasteiger charge is -2.17. The van der Waals surface area contributed by atoms with Gasteiger partial charge in [-0.15, -0.1) is 0 Å². The Hall–Kier alpha value is -3.11. The van der Waals surface area contributed by atoms with E-state index in [0.29, 0.717) is 11.7 Å². The molecule has 0 fully saturated rings. The monoisotopic (exact) mass is 375 g/mol. The molecule has 134 valence electrons. The van der Waals surface area contributed by atoms with Gasteiger partial charge in [-0.05, 0) is 23.3 Å². The fourth-order valence-corrected chi connectivity index (χ4v) is 3.39. The highest BCUT2D eigenvalue weighted by atomic mass is 35.5. The summed E-state index contributed by atoms with van der Waals surface area (Å²) in [6.45, 7) is 0.340.